The van der Waals surface area contributed by atoms with Crippen LogP contribution >= 0.6 is 0 Å². The minimum Gasteiger partial charge on any atom is -0.372 e. The number of anilines is 1. The van der Waals surface area contributed by atoms with E-state index in [0.29, 0.717) is 0 Å². The summed E-state index contributed by atoms with van der Waals surface area (Å²) in [6, 6.07) is 5.55. The maximum atomic E-state index is 13.0. The molecule has 3 nitrogen and oxygen atoms in total. The summed E-state index contributed by atoms with van der Waals surface area (Å²) in [5.41, 5.74) is 5.30. The number of halogens is 1. The van der Waals surface area contributed by atoms with E-state index in [-0.39, 0.29) is 5.69 Å². The lowest BCUT2D eigenvalue weighted by Gasteiger charge is -2.11. The number of rotatable bonds is 3. The highest BCUT2D eigenvalue weighted by Crippen LogP contribution is 2.13. The average Bonchev–Trinajstić information content (AvgIpc) is 2.08. The van der Waals surface area contributed by atoms with Crippen molar-refractivity contribution in [3.8, 4) is 0 Å². The number of benzene rings is 1. The van der Waals surface area contributed by atoms with Gasteiger partial charge in [-0.25, -0.2) is 4.39 Å². The molecule has 0 saturated heterocycles. The van der Waals surface area contributed by atoms with Gasteiger partial charge in [0.05, 0.1) is 5.69 Å². The average molecular weight is 182 g/mol. The molecule has 0 aromatic heterocycles. The molecule has 1 aromatic rings. The second kappa shape index (κ2) is 3.89. The molecule has 13 heavy (non-hydrogen) atoms. The maximum absolute atomic E-state index is 13.0. The fraction of sp³-hybridized carbons (Fsp3) is 0.222. The Morgan fingerprint density at radius 3 is 2.69 bits per heavy atom. The summed E-state index contributed by atoms with van der Waals surface area (Å²) in [5, 5.41) is 2.66. The normalized spacial score (nSPS) is 12.2. The zero-order chi connectivity index (χ0) is 9.84. The van der Waals surface area contributed by atoms with E-state index in [2.05, 4.69) is 5.32 Å². The van der Waals surface area contributed by atoms with Gasteiger partial charge in [-0.05, 0) is 19.1 Å². The van der Waals surface area contributed by atoms with Crippen molar-refractivity contribution in [3.05, 3.63) is 30.1 Å². The van der Waals surface area contributed by atoms with Gasteiger partial charge in [0.15, 0.2) is 0 Å². The standard InChI is InChI=1S/C9H11FN2O/c1-6(9(11)13)12-8-5-3-2-4-7(8)10/h2-6,12H,1H3,(H2,11,13). The van der Waals surface area contributed by atoms with Crippen LogP contribution in [-0.2, 0) is 4.79 Å². The van der Waals surface area contributed by atoms with E-state index >= 15 is 0 Å². The van der Waals surface area contributed by atoms with Crippen LogP contribution in [-0.4, -0.2) is 11.9 Å². The highest BCUT2D eigenvalue weighted by molar-refractivity contribution is 5.82. The van der Waals surface area contributed by atoms with Gasteiger partial charge in [-0.3, -0.25) is 4.79 Å². The number of nitrogens with one attached hydrogen (secondary N) is 1. The van der Waals surface area contributed by atoms with Gasteiger partial charge in [0.1, 0.15) is 11.9 Å². The molecule has 1 atom stereocenters. The molecule has 0 bridgehead atoms. The van der Waals surface area contributed by atoms with Gasteiger partial charge in [-0.1, -0.05) is 12.1 Å². The van der Waals surface area contributed by atoms with Gasteiger partial charge in [0.25, 0.3) is 0 Å². The largest absolute Gasteiger partial charge is 0.372 e. The van der Waals surface area contributed by atoms with Gasteiger partial charge in [-0.2, -0.15) is 0 Å². The van der Waals surface area contributed by atoms with E-state index in [9.17, 15) is 9.18 Å². The summed E-state index contributed by atoms with van der Waals surface area (Å²) in [4.78, 5) is 10.7. The topological polar surface area (TPSA) is 55.1 Å². The molecule has 1 unspecified atom stereocenters. The van der Waals surface area contributed by atoms with Crippen LogP contribution in [0.1, 0.15) is 6.92 Å². The SMILES string of the molecule is CC(Nc1ccccc1F)C(N)=O. The summed E-state index contributed by atoms with van der Waals surface area (Å²) in [6.45, 7) is 1.58. The number of primary amides is 1. The highest BCUT2D eigenvalue weighted by atomic mass is 19.1. The molecule has 0 heterocycles. The fourth-order valence-electron chi connectivity index (χ4n) is 0.883. The minimum atomic E-state index is -0.572. The van der Waals surface area contributed by atoms with Crippen molar-refractivity contribution >= 4 is 11.6 Å². The predicted molar refractivity (Wildman–Crippen MR) is 48.7 cm³/mol. The summed E-state index contributed by atoms with van der Waals surface area (Å²) in [6.07, 6.45) is 0. The number of hydrogen-bond donors (Lipinski definition) is 2. The molecule has 0 fully saturated rings. The second-order valence-electron chi connectivity index (χ2n) is 2.75. The van der Waals surface area contributed by atoms with E-state index in [0.717, 1.165) is 0 Å². The van der Waals surface area contributed by atoms with Crippen LogP contribution in [0, 0.1) is 5.82 Å². The molecule has 0 radical (unpaired) electrons. The van der Waals surface area contributed by atoms with Crippen LogP contribution in [0.2, 0.25) is 0 Å². The smallest absolute Gasteiger partial charge is 0.239 e. The molecule has 1 rings (SSSR count). The van der Waals surface area contributed by atoms with E-state index in [1.807, 2.05) is 0 Å². The number of hydrogen-bond acceptors (Lipinski definition) is 2. The van der Waals surface area contributed by atoms with Crippen molar-refractivity contribution in [1.82, 2.24) is 0 Å². The molecule has 1 aromatic carbocycles. The molecule has 1 amide bonds. The van der Waals surface area contributed by atoms with Crippen molar-refractivity contribution < 1.29 is 9.18 Å². The van der Waals surface area contributed by atoms with Gasteiger partial charge in [0, 0.05) is 0 Å². The van der Waals surface area contributed by atoms with Crippen LogP contribution < -0.4 is 11.1 Å². The van der Waals surface area contributed by atoms with Gasteiger partial charge >= 0.3 is 0 Å². The lowest BCUT2D eigenvalue weighted by atomic mass is 10.2. The first-order valence-electron chi connectivity index (χ1n) is 3.91. The van der Waals surface area contributed by atoms with Gasteiger partial charge in [0.2, 0.25) is 5.91 Å². The van der Waals surface area contributed by atoms with Crippen LogP contribution in [0.5, 0.6) is 0 Å². The summed E-state index contributed by atoms with van der Waals surface area (Å²) in [5.74, 6) is -0.904. The summed E-state index contributed by atoms with van der Waals surface area (Å²) >= 11 is 0. The van der Waals surface area contributed by atoms with E-state index in [4.69, 9.17) is 5.73 Å². The summed E-state index contributed by atoms with van der Waals surface area (Å²) < 4.78 is 13.0. The van der Waals surface area contributed by atoms with E-state index in [1.54, 1.807) is 25.1 Å². The Bertz CT molecular complexity index is 314. The third kappa shape index (κ3) is 2.43. The molecule has 4 heteroatoms. The van der Waals surface area contributed by atoms with Crippen LogP contribution in [0.15, 0.2) is 24.3 Å². The van der Waals surface area contributed by atoms with E-state index < -0.39 is 17.8 Å². The van der Waals surface area contributed by atoms with Crippen molar-refractivity contribution in [3.63, 3.8) is 0 Å². The minimum absolute atomic E-state index is 0.286. The third-order valence-corrected chi connectivity index (χ3v) is 1.67. The first-order valence-corrected chi connectivity index (χ1v) is 3.91. The Morgan fingerprint density at radius 1 is 1.54 bits per heavy atom. The molecular weight excluding hydrogens is 171 g/mol. The molecule has 0 aliphatic rings. The highest BCUT2D eigenvalue weighted by Gasteiger charge is 2.09. The van der Waals surface area contributed by atoms with Crippen LogP contribution in [0.3, 0.4) is 0 Å². The maximum Gasteiger partial charge on any atom is 0.239 e. The first-order chi connectivity index (χ1) is 6.11. The Hall–Kier alpha value is -1.58. The molecule has 0 saturated carbocycles. The van der Waals surface area contributed by atoms with Crippen LogP contribution in [0.4, 0.5) is 10.1 Å². The second-order valence-corrected chi connectivity index (χ2v) is 2.75. The predicted octanol–water partition coefficient (Wildman–Crippen LogP) is 1.11. The number of carbonyl (C=O) groups excluding carboxylic acids is 1. The van der Waals surface area contributed by atoms with Crippen molar-refractivity contribution in [2.75, 3.05) is 5.32 Å². The molecule has 0 spiro atoms. The molecule has 3 N–H and O–H groups in total. The number of amides is 1. The van der Waals surface area contributed by atoms with E-state index in [1.165, 1.54) is 6.07 Å². The molecular formula is C9H11FN2O. The van der Waals surface area contributed by atoms with Crippen LogP contribution in [0.25, 0.3) is 0 Å². The lowest BCUT2D eigenvalue weighted by molar-refractivity contribution is -0.118. The number of para-hydroxylation sites is 1. The fourth-order valence-corrected chi connectivity index (χ4v) is 0.883. The third-order valence-electron chi connectivity index (χ3n) is 1.67. The van der Waals surface area contributed by atoms with Gasteiger partial charge in [-0.15, -0.1) is 0 Å². The van der Waals surface area contributed by atoms with Crippen molar-refractivity contribution in [1.29, 1.82) is 0 Å². The Kier molecular flexibility index (Phi) is 2.84. The summed E-state index contributed by atoms with van der Waals surface area (Å²) in [7, 11) is 0. The molecule has 0 aliphatic carbocycles. The number of carbonyl (C=O) groups is 1. The lowest BCUT2D eigenvalue weighted by Crippen LogP contribution is -2.32. The number of nitrogens with two attached hydrogens (primary N) is 1. The van der Waals surface area contributed by atoms with Crippen molar-refractivity contribution in [2.45, 2.75) is 13.0 Å². The zero-order valence-electron chi connectivity index (χ0n) is 7.25. The first kappa shape index (κ1) is 9.51. The molecule has 70 valence electrons. The Labute approximate surface area is 75.7 Å². The Balaban J connectivity index is 2.74. The van der Waals surface area contributed by atoms with Crippen molar-refractivity contribution in [2.24, 2.45) is 5.73 Å². The zero-order valence-corrected chi connectivity index (χ0v) is 7.25. The Morgan fingerprint density at radius 2 is 2.15 bits per heavy atom. The quantitative estimate of drug-likeness (QED) is 0.735. The molecule has 0 aliphatic heterocycles. The monoisotopic (exact) mass is 182 g/mol. The van der Waals surface area contributed by atoms with Gasteiger partial charge < -0.3 is 11.1 Å².